The Labute approximate surface area is 189 Å². The predicted octanol–water partition coefficient (Wildman–Crippen LogP) is 3.53. The number of hydrogen-bond donors (Lipinski definition) is 2. The Hall–Kier alpha value is -0.500. The maximum atomic E-state index is 12.5. The molecule has 31 heavy (non-hydrogen) atoms. The highest BCUT2D eigenvalue weighted by Crippen LogP contribution is 2.32. The zero-order valence-corrected chi connectivity index (χ0v) is 19.9. The van der Waals surface area contributed by atoms with Gasteiger partial charge in [0.15, 0.2) is 0 Å². The third-order valence-electron chi connectivity index (χ3n) is 8.40. The quantitative estimate of drug-likeness (QED) is 0.404. The van der Waals surface area contributed by atoms with Gasteiger partial charge in [-0.25, -0.2) is 20.1 Å². The van der Waals surface area contributed by atoms with Crippen LogP contribution in [0.4, 0.5) is 0 Å². The van der Waals surface area contributed by atoms with Gasteiger partial charge in [-0.2, -0.15) is 0 Å². The molecule has 0 saturated heterocycles. The summed E-state index contributed by atoms with van der Waals surface area (Å²) in [5, 5.41) is 24.9. The van der Waals surface area contributed by atoms with E-state index in [9.17, 15) is 10.4 Å². The zero-order chi connectivity index (χ0) is 22.2. The maximum Gasteiger partial charge on any atom is 0.117 e. The average Bonchev–Trinajstić information content (AvgIpc) is 2.81. The SMILES string of the molecule is C=C(C)C1CCC(CO[NH+]([O-])C2CCC([NH+]([O-])OCC3CCC(CC)CC3)CC2)CC1. The van der Waals surface area contributed by atoms with Crippen molar-refractivity contribution in [2.45, 2.75) is 109 Å². The Kier molecular flexibility index (Phi) is 10.3. The van der Waals surface area contributed by atoms with E-state index in [0.29, 0.717) is 31.0 Å². The minimum absolute atomic E-state index is 0.0338. The first-order valence-corrected chi connectivity index (χ1v) is 12.9. The lowest BCUT2D eigenvalue weighted by molar-refractivity contribution is -1.08. The number of nitrogens with one attached hydrogen (secondary N) is 2. The molecule has 0 amide bonds. The number of allylic oxidation sites excluding steroid dienone is 1. The van der Waals surface area contributed by atoms with Gasteiger partial charge in [0.05, 0.1) is 0 Å². The molecule has 3 saturated carbocycles. The molecule has 180 valence electrons. The van der Waals surface area contributed by atoms with Crippen LogP contribution >= 0.6 is 0 Å². The first-order valence-electron chi connectivity index (χ1n) is 12.9. The zero-order valence-electron chi connectivity index (χ0n) is 19.9. The van der Waals surface area contributed by atoms with Crippen LogP contribution in [0, 0.1) is 34.1 Å². The molecule has 3 fully saturated rings. The molecule has 0 bridgehead atoms. The van der Waals surface area contributed by atoms with Crippen LogP contribution in [-0.2, 0) is 9.68 Å². The third kappa shape index (κ3) is 7.79. The van der Waals surface area contributed by atoms with Gasteiger partial charge in [0, 0.05) is 25.7 Å². The van der Waals surface area contributed by atoms with Gasteiger partial charge < -0.3 is 10.4 Å². The van der Waals surface area contributed by atoms with Gasteiger partial charge >= 0.3 is 0 Å². The van der Waals surface area contributed by atoms with Crippen molar-refractivity contribution in [1.29, 1.82) is 0 Å². The van der Waals surface area contributed by atoms with Crippen LogP contribution in [0.1, 0.15) is 97.3 Å². The number of hydrogen-bond acceptors (Lipinski definition) is 4. The van der Waals surface area contributed by atoms with Gasteiger partial charge in [-0.3, -0.25) is 0 Å². The van der Waals surface area contributed by atoms with Crippen molar-refractivity contribution in [2.75, 3.05) is 13.2 Å². The summed E-state index contributed by atoms with van der Waals surface area (Å²) in [5.41, 5.74) is 1.29. The molecule has 2 N–H and O–H groups in total. The van der Waals surface area contributed by atoms with Gasteiger partial charge in [-0.05, 0) is 69.1 Å². The van der Waals surface area contributed by atoms with Crippen molar-refractivity contribution in [3.8, 4) is 0 Å². The van der Waals surface area contributed by atoms with Gasteiger partial charge in [-0.1, -0.05) is 38.3 Å². The molecule has 0 heterocycles. The van der Waals surface area contributed by atoms with Crippen LogP contribution in [0.2, 0.25) is 0 Å². The number of rotatable bonds is 10. The number of hydroxylamine groups is 4. The highest BCUT2D eigenvalue weighted by Gasteiger charge is 2.32. The van der Waals surface area contributed by atoms with E-state index in [0.717, 1.165) is 44.4 Å². The molecule has 0 aromatic rings. The van der Waals surface area contributed by atoms with Gasteiger partial charge in [0.2, 0.25) is 0 Å². The molecular weight excluding hydrogens is 392 g/mol. The predicted molar refractivity (Wildman–Crippen MR) is 123 cm³/mol. The van der Waals surface area contributed by atoms with Crippen LogP contribution in [-0.4, -0.2) is 25.3 Å². The van der Waals surface area contributed by atoms with Crippen molar-refractivity contribution in [1.82, 2.24) is 0 Å². The van der Waals surface area contributed by atoms with E-state index in [-0.39, 0.29) is 22.5 Å². The number of quaternary nitrogens is 2. The van der Waals surface area contributed by atoms with Gasteiger partial charge in [0.25, 0.3) is 0 Å². The van der Waals surface area contributed by atoms with Crippen molar-refractivity contribution in [3.63, 3.8) is 0 Å². The molecule has 2 atom stereocenters. The van der Waals surface area contributed by atoms with Crippen LogP contribution in [0.3, 0.4) is 0 Å². The third-order valence-corrected chi connectivity index (χ3v) is 8.40. The molecule has 3 aliphatic rings. The second-order valence-corrected chi connectivity index (χ2v) is 10.7. The first kappa shape index (κ1) is 25.1. The van der Waals surface area contributed by atoms with E-state index in [1.807, 2.05) is 0 Å². The second-order valence-electron chi connectivity index (χ2n) is 10.7. The van der Waals surface area contributed by atoms with Crippen LogP contribution in [0.25, 0.3) is 0 Å². The van der Waals surface area contributed by atoms with E-state index in [1.165, 1.54) is 50.5 Å². The monoisotopic (exact) mass is 438 g/mol. The Bertz CT molecular complexity index is 522. The fourth-order valence-electron chi connectivity index (χ4n) is 5.83. The molecule has 0 spiro atoms. The van der Waals surface area contributed by atoms with Crippen molar-refractivity contribution < 1.29 is 20.1 Å². The fourth-order valence-corrected chi connectivity index (χ4v) is 5.83. The molecule has 6 heteroatoms. The summed E-state index contributed by atoms with van der Waals surface area (Å²) in [4.78, 5) is 11.4. The summed E-state index contributed by atoms with van der Waals surface area (Å²) >= 11 is 0. The molecule has 3 aliphatic carbocycles. The van der Waals surface area contributed by atoms with Crippen molar-refractivity contribution >= 4 is 0 Å². The first-order chi connectivity index (χ1) is 15.0. The molecule has 2 unspecified atom stereocenters. The second kappa shape index (κ2) is 12.7. The van der Waals surface area contributed by atoms with Crippen LogP contribution in [0.5, 0.6) is 0 Å². The summed E-state index contributed by atoms with van der Waals surface area (Å²) in [7, 11) is 0. The largest absolute Gasteiger partial charge is 0.600 e. The van der Waals surface area contributed by atoms with Crippen LogP contribution < -0.4 is 10.5 Å². The van der Waals surface area contributed by atoms with E-state index >= 15 is 0 Å². The van der Waals surface area contributed by atoms with E-state index in [2.05, 4.69) is 20.4 Å². The Morgan fingerprint density at radius 2 is 1.10 bits per heavy atom. The lowest BCUT2D eigenvalue weighted by Gasteiger charge is -2.38. The Balaban J connectivity index is 1.28. The Morgan fingerprint density at radius 3 is 1.48 bits per heavy atom. The fraction of sp³-hybridized carbons (Fsp3) is 0.920. The molecule has 0 radical (unpaired) electrons. The van der Waals surface area contributed by atoms with Gasteiger partial charge in [-0.15, -0.1) is 0 Å². The molecular formula is C25H46N2O4. The summed E-state index contributed by atoms with van der Waals surface area (Å²) in [6, 6.07) is -0.0754. The van der Waals surface area contributed by atoms with Crippen LogP contribution in [0.15, 0.2) is 12.2 Å². The van der Waals surface area contributed by atoms with E-state index in [4.69, 9.17) is 9.68 Å². The summed E-state index contributed by atoms with van der Waals surface area (Å²) < 4.78 is 0. The standard InChI is InChI=1S/C25H46N2O4/c1-4-20-5-7-21(8-6-20)17-30-26(28)24-13-15-25(16-14-24)27(29)31-18-22-9-11-23(12-10-22)19(2)3/h20-27H,2,4-18H2,1,3H3. The average molecular weight is 439 g/mol. The molecule has 0 aromatic heterocycles. The minimum Gasteiger partial charge on any atom is -0.600 e. The highest BCUT2D eigenvalue weighted by atomic mass is 16.9. The summed E-state index contributed by atoms with van der Waals surface area (Å²) in [5.74, 6) is 2.56. The van der Waals surface area contributed by atoms with E-state index in [1.54, 1.807) is 0 Å². The normalized spacial score (nSPS) is 36.6. The lowest BCUT2D eigenvalue weighted by Crippen LogP contribution is -3.13. The topological polar surface area (TPSA) is 73.5 Å². The van der Waals surface area contributed by atoms with Crippen molar-refractivity contribution in [3.05, 3.63) is 22.6 Å². The van der Waals surface area contributed by atoms with E-state index < -0.39 is 0 Å². The Morgan fingerprint density at radius 1 is 0.710 bits per heavy atom. The molecule has 0 aliphatic heterocycles. The maximum absolute atomic E-state index is 12.5. The smallest absolute Gasteiger partial charge is 0.117 e. The summed E-state index contributed by atoms with van der Waals surface area (Å²) in [6.07, 6.45) is 13.8. The van der Waals surface area contributed by atoms with Gasteiger partial charge in [0.1, 0.15) is 25.3 Å². The minimum atomic E-state index is -0.0541. The molecule has 0 aromatic carbocycles. The van der Waals surface area contributed by atoms with Crippen molar-refractivity contribution in [2.24, 2.45) is 23.7 Å². The molecule has 6 nitrogen and oxygen atoms in total. The summed E-state index contributed by atoms with van der Waals surface area (Å²) in [6.45, 7) is 9.62. The molecule has 3 rings (SSSR count). The highest BCUT2D eigenvalue weighted by molar-refractivity contribution is 4.97. The lowest BCUT2D eigenvalue weighted by atomic mass is 9.79.